The molecule has 0 N–H and O–H groups in total. The van der Waals surface area contributed by atoms with E-state index in [2.05, 4.69) is 40.9 Å². The van der Waals surface area contributed by atoms with Gasteiger partial charge in [0, 0.05) is 39.8 Å². The Balaban J connectivity index is 0.000000344. The molecule has 6 nitrogen and oxygen atoms in total. The number of nitrogens with zero attached hydrogens (tertiary/aromatic N) is 2. The molecule has 0 amide bonds. The summed E-state index contributed by atoms with van der Waals surface area (Å²) in [5.74, 6) is -2.65. The molecular formula is C13H22N2O4. The van der Waals surface area contributed by atoms with Gasteiger partial charge in [0.25, 0.3) is 0 Å². The normalized spacial score (nSPS) is 12.8. The summed E-state index contributed by atoms with van der Waals surface area (Å²) in [7, 11) is 2.10. The maximum absolute atomic E-state index is 10.2. The van der Waals surface area contributed by atoms with Crippen molar-refractivity contribution in [2.45, 2.75) is 33.6 Å². The summed E-state index contributed by atoms with van der Waals surface area (Å²) in [4.78, 5) is 34.7. The monoisotopic (exact) mass is 270 g/mol. The van der Waals surface area contributed by atoms with Gasteiger partial charge in [-0.1, -0.05) is 13.3 Å². The molecule has 0 bridgehead atoms. The molecule has 1 aliphatic rings. The van der Waals surface area contributed by atoms with Gasteiger partial charge in [-0.2, -0.15) is 0 Å². The maximum Gasteiger partial charge on any atom is 0.381 e. The van der Waals surface area contributed by atoms with Crippen LogP contribution in [0.3, 0.4) is 0 Å². The zero-order chi connectivity index (χ0) is 14.8. The fourth-order valence-corrected chi connectivity index (χ4v) is 1.30. The Morgan fingerprint density at radius 2 is 1.84 bits per heavy atom. The second-order valence-corrected chi connectivity index (χ2v) is 4.30. The fourth-order valence-electron chi connectivity index (χ4n) is 1.30. The van der Waals surface area contributed by atoms with Gasteiger partial charge in [-0.05, 0) is 6.42 Å². The van der Waals surface area contributed by atoms with E-state index in [0.29, 0.717) is 0 Å². The summed E-state index contributed by atoms with van der Waals surface area (Å²) in [5.41, 5.74) is 0. The van der Waals surface area contributed by atoms with Crippen LogP contribution in [0.4, 0.5) is 0 Å². The minimum atomic E-state index is -1.11. The number of esters is 2. The van der Waals surface area contributed by atoms with Gasteiger partial charge in [-0.3, -0.25) is 9.59 Å². The Kier molecular flexibility index (Phi) is 8.24. The van der Waals surface area contributed by atoms with Crippen LogP contribution in [0.25, 0.3) is 0 Å². The number of carbonyl (C=O) groups is 3. The largest absolute Gasteiger partial charge is 0.387 e. The standard InChI is InChI=1S/C8H16N2.C5H6O4/c1-3-4-5-10-7-6-9(2)8-10;1-3(6)5(8)9-4(2)7/h6-7H,3-5,8H2,1-2H3;1-2H3. The van der Waals surface area contributed by atoms with Crippen molar-refractivity contribution < 1.29 is 19.1 Å². The minimum Gasteiger partial charge on any atom is -0.387 e. The second kappa shape index (κ2) is 9.13. The third-order valence-corrected chi connectivity index (χ3v) is 2.26. The van der Waals surface area contributed by atoms with E-state index in [1.165, 1.54) is 19.4 Å². The number of Topliss-reactive ketones (excluding diaryl/α,β-unsaturated/α-hetero) is 1. The third-order valence-electron chi connectivity index (χ3n) is 2.26. The lowest BCUT2D eigenvalue weighted by atomic mass is 10.3. The van der Waals surface area contributed by atoms with Gasteiger partial charge < -0.3 is 14.5 Å². The van der Waals surface area contributed by atoms with Crippen molar-refractivity contribution in [2.24, 2.45) is 0 Å². The van der Waals surface area contributed by atoms with Gasteiger partial charge in [-0.15, -0.1) is 0 Å². The highest BCUT2D eigenvalue weighted by atomic mass is 16.6. The Bertz CT molecular complexity index is 353. The molecule has 0 spiro atoms. The van der Waals surface area contributed by atoms with E-state index in [9.17, 15) is 14.4 Å². The quantitative estimate of drug-likeness (QED) is 0.433. The first kappa shape index (κ1) is 17.2. The predicted octanol–water partition coefficient (Wildman–Crippen LogP) is 1.13. The van der Waals surface area contributed by atoms with Gasteiger partial charge in [-0.25, -0.2) is 4.79 Å². The van der Waals surface area contributed by atoms with Crippen LogP contribution in [-0.4, -0.2) is 47.8 Å². The van der Waals surface area contributed by atoms with Crippen LogP contribution in [0.15, 0.2) is 12.4 Å². The first-order chi connectivity index (χ1) is 8.86. The van der Waals surface area contributed by atoms with Crippen LogP contribution in [0.5, 0.6) is 0 Å². The molecular weight excluding hydrogens is 248 g/mol. The van der Waals surface area contributed by atoms with Crippen LogP contribution in [0.1, 0.15) is 33.6 Å². The molecule has 6 heteroatoms. The van der Waals surface area contributed by atoms with Gasteiger partial charge in [0.1, 0.15) is 0 Å². The van der Waals surface area contributed by atoms with Crippen molar-refractivity contribution in [3.8, 4) is 0 Å². The molecule has 0 radical (unpaired) electrons. The van der Waals surface area contributed by atoms with Gasteiger partial charge in [0.15, 0.2) is 0 Å². The molecule has 0 saturated heterocycles. The van der Waals surface area contributed by atoms with Crippen LogP contribution in [0, 0.1) is 0 Å². The van der Waals surface area contributed by atoms with E-state index in [1.807, 2.05) is 0 Å². The topological polar surface area (TPSA) is 66.9 Å². The summed E-state index contributed by atoms with van der Waals surface area (Å²) >= 11 is 0. The first-order valence-electron chi connectivity index (χ1n) is 6.22. The van der Waals surface area contributed by atoms with Gasteiger partial charge in [0.2, 0.25) is 5.78 Å². The molecule has 1 heterocycles. The number of carbonyl (C=O) groups excluding carboxylic acids is 3. The van der Waals surface area contributed by atoms with Crippen LogP contribution in [0.2, 0.25) is 0 Å². The summed E-state index contributed by atoms with van der Waals surface area (Å²) in [6.45, 7) is 6.59. The predicted molar refractivity (Wildman–Crippen MR) is 70.8 cm³/mol. The molecule has 0 aromatic carbocycles. The summed E-state index contributed by atoms with van der Waals surface area (Å²) in [6, 6.07) is 0. The molecule has 19 heavy (non-hydrogen) atoms. The molecule has 1 aliphatic heterocycles. The highest BCUT2D eigenvalue weighted by Crippen LogP contribution is 2.04. The van der Waals surface area contributed by atoms with Crippen LogP contribution < -0.4 is 0 Å². The summed E-state index contributed by atoms with van der Waals surface area (Å²) < 4.78 is 3.88. The average molecular weight is 270 g/mol. The maximum atomic E-state index is 10.2. The Labute approximate surface area is 114 Å². The summed E-state index contributed by atoms with van der Waals surface area (Å²) in [6.07, 6.45) is 6.87. The molecule has 0 unspecified atom stereocenters. The van der Waals surface area contributed by atoms with Gasteiger partial charge in [0.05, 0.1) is 6.67 Å². The van der Waals surface area contributed by atoms with Crippen LogP contribution in [-0.2, 0) is 19.1 Å². The molecule has 0 aromatic heterocycles. The van der Waals surface area contributed by atoms with Crippen molar-refractivity contribution in [3.05, 3.63) is 12.4 Å². The van der Waals surface area contributed by atoms with Crippen molar-refractivity contribution in [2.75, 3.05) is 20.3 Å². The van der Waals surface area contributed by atoms with Crippen molar-refractivity contribution in [1.82, 2.24) is 9.80 Å². The number of ether oxygens (including phenoxy) is 1. The summed E-state index contributed by atoms with van der Waals surface area (Å²) in [5, 5.41) is 0. The number of hydrogen-bond acceptors (Lipinski definition) is 6. The van der Waals surface area contributed by atoms with Crippen molar-refractivity contribution in [3.63, 3.8) is 0 Å². The van der Waals surface area contributed by atoms with E-state index in [-0.39, 0.29) is 0 Å². The first-order valence-corrected chi connectivity index (χ1v) is 6.22. The highest BCUT2D eigenvalue weighted by molar-refractivity contribution is 6.34. The molecule has 0 saturated carbocycles. The molecule has 108 valence electrons. The average Bonchev–Trinajstić information content (AvgIpc) is 2.72. The molecule has 0 fully saturated rings. The third kappa shape index (κ3) is 8.82. The molecule has 0 atom stereocenters. The minimum absolute atomic E-state index is 0.768. The van der Waals surface area contributed by atoms with Crippen molar-refractivity contribution in [1.29, 1.82) is 0 Å². The van der Waals surface area contributed by atoms with E-state index in [4.69, 9.17) is 0 Å². The number of rotatable bonds is 4. The van der Waals surface area contributed by atoms with E-state index in [1.54, 1.807) is 0 Å². The highest BCUT2D eigenvalue weighted by Gasteiger charge is 2.10. The van der Waals surface area contributed by atoms with E-state index >= 15 is 0 Å². The lowest BCUT2D eigenvalue weighted by Crippen LogP contribution is -2.23. The number of ketones is 1. The van der Waals surface area contributed by atoms with E-state index < -0.39 is 17.7 Å². The Morgan fingerprint density at radius 1 is 1.21 bits per heavy atom. The smallest absolute Gasteiger partial charge is 0.381 e. The Hall–Kier alpha value is -1.85. The fraction of sp³-hybridized carbons (Fsp3) is 0.615. The van der Waals surface area contributed by atoms with Crippen LogP contribution >= 0.6 is 0 Å². The van der Waals surface area contributed by atoms with Gasteiger partial charge >= 0.3 is 11.9 Å². The molecule has 0 aromatic rings. The van der Waals surface area contributed by atoms with Crippen molar-refractivity contribution >= 4 is 17.7 Å². The zero-order valence-electron chi connectivity index (χ0n) is 12.0. The lowest BCUT2D eigenvalue weighted by molar-refractivity contribution is -0.162. The zero-order valence-corrected chi connectivity index (χ0v) is 12.0. The number of unbranched alkanes of at least 4 members (excludes halogenated alkanes) is 1. The SMILES string of the molecule is CC(=O)OC(=O)C(C)=O.CCCCN1C=CN(C)C1. The second-order valence-electron chi connectivity index (χ2n) is 4.30. The molecule has 0 aliphatic carbocycles. The Morgan fingerprint density at radius 3 is 2.16 bits per heavy atom. The number of hydrogen-bond donors (Lipinski definition) is 0. The lowest BCUT2D eigenvalue weighted by Gasteiger charge is -2.17. The van der Waals surface area contributed by atoms with E-state index in [0.717, 1.165) is 20.5 Å². The molecule has 1 rings (SSSR count).